The zero-order valence-electron chi connectivity index (χ0n) is 26.3. The summed E-state index contributed by atoms with van der Waals surface area (Å²) in [6.45, 7) is 1.66. The molecule has 0 aromatic heterocycles. The molecule has 11 nitrogen and oxygen atoms in total. The van der Waals surface area contributed by atoms with Crippen LogP contribution < -0.4 is 21.3 Å². The van der Waals surface area contributed by atoms with Crippen molar-refractivity contribution in [3.05, 3.63) is 120 Å². The zero-order valence-corrected chi connectivity index (χ0v) is 27.9. The monoisotopic (exact) mass is 678 g/mol. The van der Waals surface area contributed by atoms with Crippen LogP contribution in [-0.4, -0.2) is 59.2 Å². The number of rotatable bonds is 10. The Labute approximate surface area is 276 Å². The first-order valence-corrected chi connectivity index (χ1v) is 18.5. The van der Waals surface area contributed by atoms with Gasteiger partial charge in [-0.1, -0.05) is 72.8 Å². The van der Waals surface area contributed by atoms with Gasteiger partial charge in [-0.3, -0.25) is 18.2 Å². The molecule has 4 aromatic carbocycles. The van der Waals surface area contributed by atoms with Crippen LogP contribution >= 0.6 is 0 Å². The molecule has 1 aliphatic heterocycles. The highest BCUT2D eigenvalue weighted by Crippen LogP contribution is 2.43. The van der Waals surface area contributed by atoms with Crippen molar-refractivity contribution in [2.45, 2.75) is 43.6 Å². The minimum Gasteiger partial charge on any atom is -0.399 e. The number of nitrogens with zero attached hydrogens (tertiary/aromatic N) is 2. The van der Waals surface area contributed by atoms with Gasteiger partial charge in [0, 0.05) is 22.7 Å². The average Bonchev–Trinajstić information content (AvgIpc) is 3.04. The third kappa shape index (κ3) is 7.93. The van der Waals surface area contributed by atoms with E-state index in [1.54, 1.807) is 55.5 Å². The van der Waals surface area contributed by atoms with Crippen LogP contribution in [0.1, 0.15) is 18.1 Å². The fourth-order valence-electron chi connectivity index (χ4n) is 6.26. The lowest BCUT2D eigenvalue weighted by Crippen LogP contribution is -2.62. The molecule has 0 bridgehead atoms. The van der Waals surface area contributed by atoms with E-state index in [1.807, 2.05) is 60.7 Å². The molecular formula is C34H38N4O7S2. The van der Waals surface area contributed by atoms with Crippen molar-refractivity contribution in [2.24, 2.45) is 0 Å². The van der Waals surface area contributed by atoms with Gasteiger partial charge < -0.3 is 11.5 Å². The van der Waals surface area contributed by atoms with Crippen LogP contribution in [0.15, 0.2) is 109 Å². The molecule has 0 radical (unpaired) electrons. The largest absolute Gasteiger partial charge is 0.399 e. The van der Waals surface area contributed by atoms with E-state index in [9.17, 15) is 16.8 Å². The predicted molar refractivity (Wildman–Crippen MR) is 184 cm³/mol. The number of amides is 2. The van der Waals surface area contributed by atoms with Gasteiger partial charge in [0.15, 0.2) is 0 Å². The Morgan fingerprint density at radius 3 is 1.74 bits per heavy atom. The van der Waals surface area contributed by atoms with Gasteiger partial charge in [0.2, 0.25) is 0 Å². The van der Waals surface area contributed by atoms with Crippen LogP contribution in [0.5, 0.6) is 0 Å². The van der Waals surface area contributed by atoms with Crippen molar-refractivity contribution >= 4 is 49.0 Å². The normalized spacial score (nSPS) is 22.2. The highest BCUT2D eigenvalue weighted by atomic mass is 32.2. The number of nitrogen functional groups attached to an aromatic ring is 2. The summed E-state index contributed by atoms with van der Waals surface area (Å²) in [5.74, 6) is 0. The Bertz CT molecular complexity index is 1940. The van der Waals surface area contributed by atoms with Crippen molar-refractivity contribution in [1.29, 1.82) is 0 Å². The molecule has 0 spiro atoms. The number of carbonyl (C=O) groups excluding carboxylic acids is 1. The molecule has 248 valence electrons. The van der Waals surface area contributed by atoms with E-state index in [-0.39, 0.29) is 12.8 Å². The van der Waals surface area contributed by atoms with E-state index in [0.717, 1.165) is 23.6 Å². The first-order valence-electron chi connectivity index (χ1n) is 14.8. The smallest absolute Gasteiger partial charge is 0.329 e. The Hall–Kier alpha value is -4.43. The number of urea groups is 1. The second-order valence-electron chi connectivity index (χ2n) is 11.9. The van der Waals surface area contributed by atoms with E-state index >= 15 is 4.79 Å². The van der Waals surface area contributed by atoms with Gasteiger partial charge in [0.1, 0.15) is 12.2 Å². The number of anilines is 4. The number of hydrogen-bond donors (Lipinski definition) is 2. The molecule has 1 heterocycles. The molecule has 13 heteroatoms. The van der Waals surface area contributed by atoms with Gasteiger partial charge in [-0.2, -0.15) is 16.8 Å². The maximum absolute atomic E-state index is 15.4. The number of benzene rings is 4. The van der Waals surface area contributed by atoms with Crippen molar-refractivity contribution in [3.8, 4) is 0 Å². The Morgan fingerprint density at radius 2 is 1.21 bits per heavy atom. The summed E-state index contributed by atoms with van der Waals surface area (Å²) in [6.07, 6.45) is -1.22. The van der Waals surface area contributed by atoms with Crippen LogP contribution in [-0.2, 0) is 41.4 Å². The topological polar surface area (TPSA) is 162 Å². The molecule has 1 fully saturated rings. The Morgan fingerprint density at radius 1 is 0.702 bits per heavy atom. The summed E-state index contributed by atoms with van der Waals surface area (Å²) in [7, 11) is -8.56. The Balaban J connectivity index is 1.90. The van der Waals surface area contributed by atoms with Gasteiger partial charge in [-0.25, -0.2) is 4.79 Å². The highest BCUT2D eigenvalue weighted by molar-refractivity contribution is 7.86. The van der Waals surface area contributed by atoms with E-state index in [0.29, 0.717) is 22.7 Å². The third-order valence-electron chi connectivity index (χ3n) is 8.06. The lowest BCUT2D eigenvalue weighted by Gasteiger charge is -2.45. The molecule has 1 aliphatic rings. The number of carbonyl (C=O) groups is 1. The molecule has 5 rings (SSSR count). The fourth-order valence-corrected chi connectivity index (χ4v) is 7.58. The van der Waals surface area contributed by atoms with Crippen LogP contribution in [0, 0.1) is 0 Å². The molecule has 47 heavy (non-hydrogen) atoms. The molecule has 4 N–H and O–H groups in total. The lowest BCUT2D eigenvalue weighted by molar-refractivity contribution is 0.00907. The van der Waals surface area contributed by atoms with Crippen molar-refractivity contribution in [1.82, 2.24) is 0 Å². The predicted octanol–water partition coefficient (Wildman–Crippen LogP) is 4.60. The third-order valence-corrected chi connectivity index (χ3v) is 9.19. The SMILES string of the molecule is C[C@@]1(Cc2ccccc2)[C@H](OS(C)(=O)=O)[C@@H](OS(C)(=O)=O)[C@@H](Cc2ccccc2)N(c2cccc(N)c2)C(=O)N1c1cccc(N)c1. The van der Waals surface area contributed by atoms with Gasteiger partial charge in [-0.15, -0.1) is 0 Å². The quantitative estimate of drug-likeness (QED) is 0.180. The average molecular weight is 679 g/mol. The first kappa shape index (κ1) is 33.9. The molecule has 0 unspecified atom stereocenters. The zero-order chi connectivity index (χ0) is 34.0. The Kier molecular flexibility index (Phi) is 9.64. The molecule has 0 saturated carbocycles. The number of nitrogens with two attached hydrogens (primary N) is 2. The van der Waals surface area contributed by atoms with Gasteiger partial charge in [0.25, 0.3) is 20.2 Å². The maximum Gasteiger partial charge on any atom is 0.329 e. The van der Waals surface area contributed by atoms with Crippen LogP contribution in [0.2, 0.25) is 0 Å². The van der Waals surface area contributed by atoms with E-state index in [1.165, 1.54) is 9.80 Å². The van der Waals surface area contributed by atoms with Crippen molar-refractivity contribution < 1.29 is 30.0 Å². The minimum absolute atomic E-state index is 0.0427. The highest BCUT2D eigenvalue weighted by Gasteiger charge is 2.58. The standard InChI is InChI=1S/C34H38N4O7S2/c1-34(23-25-14-8-5-9-15-25)32(45-47(3,42)43)31(44-46(2,40)41)30(20-24-12-6-4-7-13-24)37(28-18-10-16-26(35)21-28)33(39)38(34)29-19-11-17-27(36)22-29/h4-19,21-22,30-32H,20,23,35-36H2,1-3H3/t30-,31+,32-,34-/m1/s1. The van der Waals surface area contributed by atoms with E-state index < -0.39 is 50.1 Å². The van der Waals surface area contributed by atoms with Crippen LogP contribution in [0.3, 0.4) is 0 Å². The second kappa shape index (κ2) is 13.4. The lowest BCUT2D eigenvalue weighted by atomic mass is 9.80. The van der Waals surface area contributed by atoms with Gasteiger partial charge in [-0.05, 0) is 67.3 Å². The minimum atomic E-state index is -4.28. The molecule has 2 amide bonds. The summed E-state index contributed by atoms with van der Waals surface area (Å²) in [5, 5.41) is 0. The summed E-state index contributed by atoms with van der Waals surface area (Å²) in [4.78, 5) is 18.2. The number of hydrogen-bond acceptors (Lipinski definition) is 9. The van der Waals surface area contributed by atoms with E-state index in [2.05, 4.69) is 0 Å². The summed E-state index contributed by atoms with van der Waals surface area (Å²) in [5.41, 5.74) is 13.7. The fraction of sp³-hybridized carbons (Fsp3) is 0.265. The summed E-state index contributed by atoms with van der Waals surface area (Å²) in [6, 6.07) is 29.7. The van der Waals surface area contributed by atoms with E-state index in [4.69, 9.17) is 19.8 Å². The maximum atomic E-state index is 15.4. The second-order valence-corrected chi connectivity index (χ2v) is 15.1. The summed E-state index contributed by atoms with van der Waals surface area (Å²) >= 11 is 0. The van der Waals surface area contributed by atoms with Gasteiger partial charge >= 0.3 is 6.03 Å². The molecule has 1 saturated heterocycles. The molecule has 4 atom stereocenters. The molecule has 0 aliphatic carbocycles. The van der Waals surface area contributed by atoms with Crippen molar-refractivity contribution in [3.63, 3.8) is 0 Å². The first-order chi connectivity index (χ1) is 22.1. The van der Waals surface area contributed by atoms with Gasteiger partial charge in [0.05, 0.1) is 24.1 Å². The van der Waals surface area contributed by atoms with Crippen molar-refractivity contribution in [2.75, 3.05) is 33.8 Å². The molecule has 4 aromatic rings. The van der Waals surface area contributed by atoms with Crippen LogP contribution in [0.25, 0.3) is 0 Å². The molecular weight excluding hydrogens is 641 g/mol. The summed E-state index contributed by atoms with van der Waals surface area (Å²) < 4.78 is 64.2. The van der Waals surface area contributed by atoms with Crippen LogP contribution in [0.4, 0.5) is 27.5 Å².